The number of methoxy groups -OCH3 is 1. The molecular formula is C17H21NO2. The lowest BCUT2D eigenvalue weighted by Crippen LogP contribution is -2.02. The second kappa shape index (κ2) is 6.85. The van der Waals surface area contributed by atoms with E-state index in [1.165, 1.54) is 11.1 Å². The summed E-state index contributed by atoms with van der Waals surface area (Å²) in [5.41, 5.74) is 3.60. The predicted molar refractivity (Wildman–Crippen MR) is 82.7 cm³/mol. The first-order valence-electron chi connectivity index (χ1n) is 6.83. The van der Waals surface area contributed by atoms with Crippen molar-refractivity contribution in [3.8, 4) is 11.5 Å². The maximum Gasteiger partial charge on any atom is 0.162 e. The molecule has 0 aliphatic carbocycles. The van der Waals surface area contributed by atoms with Crippen LogP contribution in [0.4, 0.5) is 5.69 Å². The van der Waals surface area contributed by atoms with Gasteiger partial charge >= 0.3 is 0 Å². The third-order valence-electron chi connectivity index (χ3n) is 3.21. The largest absolute Gasteiger partial charge is 0.493 e. The number of benzene rings is 2. The van der Waals surface area contributed by atoms with Crippen LogP contribution in [0.3, 0.4) is 0 Å². The van der Waals surface area contributed by atoms with E-state index in [1.54, 1.807) is 7.11 Å². The van der Waals surface area contributed by atoms with E-state index in [1.807, 2.05) is 25.1 Å². The van der Waals surface area contributed by atoms with Gasteiger partial charge < -0.3 is 14.8 Å². The molecule has 2 aromatic carbocycles. The Morgan fingerprint density at radius 1 is 1.05 bits per heavy atom. The van der Waals surface area contributed by atoms with Crippen LogP contribution in [-0.4, -0.2) is 13.7 Å². The molecule has 0 spiro atoms. The SMILES string of the molecule is CCOc1ccc(NCc2ccccc2C)cc1OC. The van der Waals surface area contributed by atoms with Gasteiger partial charge in [0.1, 0.15) is 0 Å². The van der Waals surface area contributed by atoms with Gasteiger partial charge in [0.25, 0.3) is 0 Å². The first-order chi connectivity index (χ1) is 9.74. The van der Waals surface area contributed by atoms with Gasteiger partial charge in [0.2, 0.25) is 0 Å². The Kier molecular flexibility index (Phi) is 4.88. The Bertz CT molecular complexity index is 567. The molecule has 3 heteroatoms. The van der Waals surface area contributed by atoms with Gasteiger partial charge in [0.05, 0.1) is 13.7 Å². The van der Waals surface area contributed by atoms with Crippen molar-refractivity contribution in [1.29, 1.82) is 0 Å². The third kappa shape index (κ3) is 3.44. The predicted octanol–water partition coefficient (Wildman–Crippen LogP) is 4.01. The van der Waals surface area contributed by atoms with Crippen LogP contribution in [0.25, 0.3) is 0 Å². The minimum absolute atomic E-state index is 0.631. The monoisotopic (exact) mass is 271 g/mol. The molecule has 0 atom stereocenters. The Labute approximate surface area is 120 Å². The zero-order valence-electron chi connectivity index (χ0n) is 12.3. The second-order valence-electron chi connectivity index (χ2n) is 4.58. The highest BCUT2D eigenvalue weighted by Gasteiger charge is 2.05. The Hall–Kier alpha value is -2.16. The first kappa shape index (κ1) is 14.3. The van der Waals surface area contributed by atoms with Crippen LogP contribution in [0.15, 0.2) is 42.5 Å². The molecule has 0 saturated carbocycles. The molecule has 2 aromatic rings. The molecule has 0 heterocycles. The molecule has 0 bridgehead atoms. The molecule has 0 aliphatic rings. The van der Waals surface area contributed by atoms with Crippen molar-refractivity contribution < 1.29 is 9.47 Å². The Balaban J connectivity index is 2.08. The average molecular weight is 271 g/mol. The van der Waals surface area contributed by atoms with Crippen LogP contribution < -0.4 is 14.8 Å². The van der Waals surface area contributed by atoms with Crippen molar-refractivity contribution in [3.63, 3.8) is 0 Å². The number of hydrogen-bond donors (Lipinski definition) is 1. The molecule has 3 nitrogen and oxygen atoms in total. The molecule has 0 amide bonds. The van der Waals surface area contributed by atoms with E-state index in [4.69, 9.17) is 9.47 Å². The van der Waals surface area contributed by atoms with Crippen molar-refractivity contribution in [3.05, 3.63) is 53.6 Å². The number of hydrogen-bond acceptors (Lipinski definition) is 3. The Morgan fingerprint density at radius 3 is 2.55 bits per heavy atom. The summed E-state index contributed by atoms with van der Waals surface area (Å²) in [6, 6.07) is 14.3. The molecule has 2 rings (SSSR count). The van der Waals surface area contributed by atoms with E-state index in [2.05, 4.69) is 36.5 Å². The summed E-state index contributed by atoms with van der Waals surface area (Å²) >= 11 is 0. The zero-order chi connectivity index (χ0) is 14.4. The second-order valence-corrected chi connectivity index (χ2v) is 4.58. The van der Waals surface area contributed by atoms with E-state index < -0.39 is 0 Å². The quantitative estimate of drug-likeness (QED) is 0.861. The number of nitrogens with one attached hydrogen (secondary N) is 1. The summed E-state index contributed by atoms with van der Waals surface area (Å²) in [5.74, 6) is 1.53. The highest BCUT2D eigenvalue weighted by molar-refractivity contribution is 5.55. The fraction of sp³-hybridized carbons (Fsp3) is 0.294. The van der Waals surface area contributed by atoms with Crippen molar-refractivity contribution in [2.45, 2.75) is 20.4 Å². The van der Waals surface area contributed by atoms with Crippen molar-refractivity contribution >= 4 is 5.69 Å². The molecule has 0 unspecified atom stereocenters. The topological polar surface area (TPSA) is 30.5 Å². The summed E-state index contributed by atoms with van der Waals surface area (Å²) in [5, 5.41) is 3.41. The van der Waals surface area contributed by atoms with Crippen LogP contribution in [-0.2, 0) is 6.54 Å². The molecule has 1 N–H and O–H groups in total. The van der Waals surface area contributed by atoms with Gasteiger partial charge in [0.15, 0.2) is 11.5 Å². The summed E-state index contributed by atoms with van der Waals surface area (Å²) in [4.78, 5) is 0. The van der Waals surface area contributed by atoms with Crippen LogP contribution in [0.5, 0.6) is 11.5 Å². The molecule has 0 saturated heterocycles. The molecule has 20 heavy (non-hydrogen) atoms. The van der Waals surface area contributed by atoms with Crippen molar-refractivity contribution in [2.24, 2.45) is 0 Å². The molecular weight excluding hydrogens is 250 g/mol. The van der Waals surface area contributed by atoms with E-state index in [0.29, 0.717) is 6.61 Å². The standard InChI is InChI=1S/C17H21NO2/c1-4-20-16-10-9-15(11-17(16)19-3)18-12-14-8-6-5-7-13(14)2/h5-11,18H,4,12H2,1-3H3. The Morgan fingerprint density at radius 2 is 1.85 bits per heavy atom. The van der Waals surface area contributed by atoms with E-state index in [-0.39, 0.29) is 0 Å². The van der Waals surface area contributed by atoms with E-state index in [0.717, 1.165) is 23.7 Å². The molecule has 0 radical (unpaired) electrons. The van der Waals surface area contributed by atoms with Crippen LogP contribution in [0, 0.1) is 6.92 Å². The normalized spacial score (nSPS) is 10.2. The van der Waals surface area contributed by atoms with Gasteiger partial charge in [-0.1, -0.05) is 24.3 Å². The highest BCUT2D eigenvalue weighted by atomic mass is 16.5. The lowest BCUT2D eigenvalue weighted by molar-refractivity contribution is 0.311. The number of aryl methyl sites for hydroxylation is 1. The first-order valence-corrected chi connectivity index (χ1v) is 6.83. The van der Waals surface area contributed by atoms with Crippen molar-refractivity contribution in [1.82, 2.24) is 0 Å². The smallest absolute Gasteiger partial charge is 0.162 e. The van der Waals surface area contributed by atoms with Crippen LogP contribution >= 0.6 is 0 Å². The molecule has 0 aliphatic heterocycles. The van der Waals surface area contributed by atoms with Gasteiger partial charge in [-0.15, -0.1) is 0 Å². The number of anilines is 1. The number of rotatable bonds is 6. The minimum atomic E-state index is 0.631. The maximum atomic E-state index is 5.51. The van der Waals surface area contributed by atoms with Gasteiger partial charge in [-0.2, -0.15) is 0 Å². The van der Waals surface area contributed by atoms with E-state index in [9.17, 15) is 0 Å². The summed E-state index contributed by atoms with van der Waals surface area (Å²) in [6.07, 6.45) is 0. The van der Waals surface area contributed by atoms with Crippen LogP contribution in [0.1, 0.15) is 18.1 Å². The fourth-order valence-corrected chi connectivity index (χ4v) is 2.06. The molecule has 0 aromatic heterocycles. The average Bonchev–Trinajstić information content (AvgIpc) is 2.48. The van der Waals surface area contributed by atoms with Gasteiger partial charge in [0, 0.05) is 18.3 Å². The summed E-state index contributed by atoms with van der Waals surface area (Å²) in [7, 11) is 1.66. The maximum absolute atomic E-state index is 5.51. The summed E-state index contributed by atoms with van der Waals surface area (Å²) < 4.78 is 10.9. The lowest BCUT2D eigenvalue weighted by atomic mass is 10.1. The lowest BCUT2D eigenvalue weighted by Gasteiger charge is -2.13. The zero-order valence-corrected chi connectivity index (χ0v) is 12.3. The van der Waals surface area contributed by atoms with Gasteiger partial charge in [-0.3, -0.25) is 0 Å². The third-order valence-corrected chi connectivity index (χ3v) is 3.21. The minimum Gasteiger partial charge on any atom is -0.493 e. The van der Waals surface area contributed by atoms with Crippen molar-refractivity contribution in [2.75, 3.05) is 19.0 Å². The van der Waals surface area contributed by atoms with Gasteiger partial charge in [-0.25, -0.2) is 0 Å². The summed E-state index contributed by atoms with van der Waals surface area (Å²) in [6.45, 7) is 5.51. The number of ether oxygens (including phenoxy) is 2. The van der Waals surface area contributed by atoms with E-state index >= 15 is 0 Å². The van der Waals surface area contributed by atoms with Crippen LogP contribution in [0.2, 0.25) is 0 Å². The fourth-order valence-electron chi connectivity index (χ4n) is 2.06. The molecule has 0 fully saturated rings. The molecule has 106 valence electrons. The van der Waals surface area contributed by atoms with Gasteiger partial charge in [-0.05, 0) is 37.1 Å². The highest BCUT2D eigenvalue weighted by Crippen LogP contribution is 2.30.